The Morgan fingerprint density at radius 1 is 0.703 bits per heavy atom. The summed E-state index contributed by atoms with van der Waals surface area (Å²) in [4.78, 5) is 43.2. The van der Waals surface area contributed by atoms with E-state index >= 15 is 0 Å². The lowest BCUT2D eigenvalue weighted by atomic mass is 10.0. The highest BCUT2D eigenvalue weighted by atomic mass is 16.5. The molecular formula is C30H31N3O4. The number of carbonyl (C=O) groups excluding carboxylic acids is 3. The zero-order valence-corrected chi connectivity index (χ0v) is 20.8. The molecule has 7 heteroatoms. The number of amides is 3. The topological polar surface area (TPSA) is 70.2 Å². The van der Waals surface area contributed by atoms with E-state index in [0.29, 0.717) is 30.8 Å². The SMILES string of the molecule is O=C(CCN1C(=O)c2ccccc2C1=O)N1CCN(CCOC(c2ccccc2)c2ccccc2)CC1. The first-order valence-corrected chi connectivity index (χ1v) is 12.8. The second-order valence-electron chi connectivity index (χ2n) is 9.35. The zero-order valence-electron chi connectivity index (χ0n) is 20.8. The largest absolute Gasteiger partial charge is 0.367 e. The molecule has 0 unspecified atom stereocenters. The summed E-state index contributed by atoms with van der Waals surface area (Å²) < 4.78 is 6.34. The molecule has 3 amide bonds. The molecule has 2 heterocycles. The van der Waals surface area contributed by atoms with Gasteiger partial charge < -0.3 is 9.64 Å². The first-order valence-electron chi connectivity index (χ1n) is 12.8. The maximum absolute atomic E-state index is 12.8. The molecule has 1 saturated heterocycles. The van der Waals surface area contributed by atoms with Crippen molar-refractivity contribution in [2.24, 2.45) is 0 Å². The van der Waals surface area contributed by atoms with E-state index in [1.54, 1.807) is 24.3 Å². The van der Waals surface area contributed by atoms with Gasteiger partial charge in [-0.2, -0.15) is 0 Å². The summed E-state index contributed by atoms with van der Waals surface area (Å²) in [5, 5.41) is 0. The number of rotatable bonds is 9. The van der Waals surface area contributed by atoms with Crippen molar-refractivity contribution < 1.29 is 19.1 Å². The maximum Gasteiger partial charge on any atom is 0.261 e. The summed E-state index contributed by atoms with van der Waals surface area (Å²) in [6.45, 7) is 4.27. The van der Waals surface area contributed by atoms with Gasteiger partial charge >= 0.3 is 0 Å². The molecule has 7 nitrogen and oxygen atoms in total. The summed E-state index contributed by atoms with van der Waals surface area (Å²) in [5.41, 5.74) is 3.08. The second kappa shape index (κ2) is 11.5. The minimum Gasteiger partial charge on any atom is -0.367 e. The van der Waals surface area contributed by atoms with Gasteiger partial charge in [0.25, 0.3) is 11.8 Å². The van der Waals surface area contributed by atoms with Crippen LogP contribution in [0.3, 0.4) is 0 Å². The predicted molar refractivity (Wildman–Crippen MR) is 140 cm³/mol. The molecular weight excluding hydrogens is 466 g/mol. The third kappa shape index (κ3) is 5.63. The molecule has 190 valence electrons. The summed E-state index contributed by atoms with van der Waals surface area (Å²) in [6.07, 6.45) is 0.0251. The van der Waals surface area contributed by atoms with Gasteiger partial charge in [-0.25, -0.2) is 0 Å². The number of hydrogen-bond donors (Lipinski definition) is 0. The highest BCUT2D eigenvalue weighted by Crippen LogP contribution is 2.26. The van der Waals surface area contributed by atoms with Gasteiger partial charge in [-0.15, -0.1) is 0 Å². The number of hydrogen-bond acceptors (Lipinski definition) is 5. The monoisotopic (exact) mass is 497 g/mol. The van der Waals surface area contributed by atoms with E-state index in [1.165, 1.54) is 4.90 Å². The fourth-order valence-corrected chi connectivity index (χ4v) is 4.97. The fourth-order valence-electron chi connectivity index (χ4n) is 4.97. The van der Waals surface area contributed by atoms with Crippen LogP contribution < -0.4 is 0 Å². The predicted octanol–water partition coefficient (Wildman–Crippen LogP) is 3.62. The van der Waals surface area contributed by atoms with Gasteiger partial charge in [-0.1, -0.05) is 72.8 Å². The molecule has 0 spiro atoms. The van der Waals surface area contributed by atoms with E-state index in [1.807, 2.05) is 41.3 Å². The van der Waals surface area contributed by atoms with Crippen molar-refractivity contribution in [1.29, 1.82) is 0 Å². The van der Waals surface area contributed by atoms with E-state index in [0.717, 1.165) is 30.8 Å². The van der Waals surface area contributed by atoms with E-state index in [-0.39, 0.29) is 36.8 Å². The van der Waals surface area contributed by atoms with Crippen molar-refractivity contribution >= 4 is 17.7 Å². The Hall–Kier alpha value is -3.81. The number of piperazine rings is 1. The van der Waals surface area contributed by atoms with Crippen LogP contribution in [0.2, 0.25) is 0 Å². The van der Waals surface area contributed by atoms with Gasteiger partial charge in [0.2, 0.25) is 5.91 Å². The van der Waals surface area contributed by atoms with Gasteiger partial charge in [-0.05, 0) is 23.3 Å². The summed E-state index contributed by atoms with van der Waals surface area (Å²) in [5.74, 6) is -0.661. The molecule has 3 aromatic carbocycles. The number of imide groups is 1. The van der Waals surface area contributed by atoms with Crippen LogP contribution in [-0.4, -0.2) is 78.3 Å². The quantitative estimate of drug-likeness (QED) is 0.423. The molecule has 2 aliphatic rings. The lowest BCUT2D eigenvalue weighted by Crippen LogP contribution is -2.50. The van der Waals surface area contributed by atoms with Crippen LogP contribution in [0.15, 0.2) is 84.9 Å². The van der Waals surface area contributed by atoms with E-state index in [4.69, 9.17) is 4.74 Å². The van der Waals surface area contributed by atoms with Crippen LogP contribution in [0.5, 0.6) is 0 Å². The minimum atomic E-state index is -0.317. The Labute approximate surface area is 217 Å². The normalized spacial score (nSPS) is 15.9. The van der Waals surface area contributed by atoms with Crippen LogP contribution in [-0.2, 0) is 9.53 Å². The molecule has 0 atom stereocenters. The van der Waals surface area contributed by atoms with Crippen molar-refractivity contribution in [3.63, 3.8) is 0 Å². The van der Waals surface area contributed by atoms with Crippen molar-refractivity contribution in [3.05, 3.63) is 107 Å². The highest BCUT2D eigenvalue weighted by molar-refractivity contribution is 6.21. The molecule has 5 rings (SSSR count). The Balaban J connectivity index is 1.07. The summed E-state index contributed by atoms with van der Waals surface area (Å²) >= 11 is 0. The first-order chi connectivity index (χ1) is 18.1. The van der Waals surface area contributed by atoms with Crippen molar-refractivity contribution in [3.8, 4) is 0 Å². The molecule has 0 aliphatic carbocycles. The first kappa shape index (κ1) is 24.9. The van der Waals surface area contributed by atoms with Crippen LogP contribution in [0.4, 0.5) is 0 Å². The van der Waals surface area contributed by atoms with Crippen molar-refractivity contribution in [2.45, 2.75) is 12.5 Å². The summed E-state index contributed by atoms with van der Waals surface area (Å²) in [7, 11) is 0. The van der Waals surface area contributed by atoms with Gasteiger partial charge in [0.1, 0.15) is 6.10 Å². The molecule has 0 saturated carbocycles. The Morgan fingerprint density at radius 2 is 1.22 bits per heavy atom. The zero-order chi connectivity index (χ0) is 25.6. The lowest BCUT2D eigenvalue weighted by Gasteiger charge is -2.35. The summed E-state index contributed by atoms with van der Waals surface area (Å²) in [6, 6.07) is 27.3. The second-order valence-corrected chi connectivity index (χ2v) is 9.35. The number of fused-ring (bicyclic) bond motifs is 1. The minimum absolute atomic E-state index is 0.0272. The van der Waals surface area contributed by atoms with Crippen molar-refractivity contribution in [1.82, 2.24) is 14.7 Å². The molecule has 0 aromatic heterocycles. The van der Waals surface area contributed by atoms with Gasteiger partial charge in [0.05, 0.1) is 17.7 Å². The van der Waals surface area contributed by atoms with Crippen LogP contribution in [0.25, 0.3) is 0 Å². The van der Waals surface area contributed by atoms with Gasteiger partial charge in [-0.3, -0.25) is 24.2 Å². The van der Waals surface area contributed by atoms with E-state index in [9.17, 15) is 14.4 Å². The third-order valence-electron chi connectivity index (χ3n) is 7.05. The van der Waals surface area contributed by atoms with Crippen LogP contribution in [0.1, 0.15) is 44.4 Å². The van der Waals surface area contributed by atoms with E-state index in [2.05, 4.69) is 29.2 Å². The molecule has 1 fully saturated rings. The number of carbonyl (C=O) groups is 3. The van der Waals surface area contributed by atoms with Crippen LogP contribution in [0, 0.1) is 0 Å². The molecule has 37 heavy (non-hydrogen) atoms. The number of nitrogens with zero attached hydrogens (tertiary/aromatic N) is 3. The van der Waals surface area contributed by atoms with Gasteiger partial charge in [0, 0.05) is 45.7 Å². The molecule has 3 aromatic rings. The molecule has 0 bridgehead atoms. The molecule has 0 N–H and O–H groups in total. The highest BCUT2D eigenvalue weighted by Gasteiger charge is 2.35. The Bertz CT molecular complexity index is 1170. The average molecular weight is 498 g/mol. The number of ether oxygens (including phenoxy) is 1. The van der Waals surface area contributed by atoms with Gasteiger partial charge in [0.15, 0.2) is 0 Å². The average Bonchev–Trinajstić information content (AvgIpc) is 3.20. The number of benzene rings is 3. The maximum atomic E-state index is 12.8. The molecule has 2 aliphatic heterocycles. The Kier molecular flexibility index (Phi) is 7.73. The van der Waals surface area contributed by atoms with Crippen molar-refractivity contribution in [2.75, 3.05) is 45.9 Å². The fraction of sp³-hybridized carbons (Fsp3) is 0.300. The molecule has 0 radical (unpaired) electrons. The van der Waals surface area contributed by atoms with E-state index < -0.39 is 0 Å². The lowest BCUT2D eigenvalue weighted by molar-refractivity contribution is -0.133. The smallest absolute Gasteiger partial charge is 0.261 e. The third-order valence-corrected chi connectivity index (χ3v) is 7.05. The van der Waals surface area contributed by atoms with Crippen LogP contribution >= 0.6 is 0 Å². The standard InChI is InChI=1S/C30H31N3O4/c34-27(15-16-33-29(35)25-13-7-8-14-26(25)30(33)36)32-19-17-31(18-20-32)21-22-37-28(23-9-3-1-4-10-23)24-11-5-2-6-12-24/h1-14,28H,15-22H2. The Morgan fingerprint density at radius 3 is 1.76 bits per heavy atom.